The zero-order valence-electron chi connectivity index (χ0n) is 9.87. The van der Waals surface area contributed by atoms with Gasteiger partial charge in [0.15, 0.2) is 17.9 Å². The quantitative estimate of drug-likeness (QED) is 0.634. The topological polar surface area (TPSA) is 96.6 Å². The van der Waals surface area contributed by atoms with Crippen LogP contribution in [0.15, 0.2) is 11.0 Å². The Balaban J connectivity index is 2.41. The molecule has 7 nitrogen and oxygen atoms in total. The number of ether oxygens (including phenoxy) is 1. The predicted octanol–water partition coefficient (Wildman–Crippen LogP) is -0.937. The van der Waals surface area contributed by atoms with Crippen molar-refractivity contribution >= 4 is 5.82 Å². The number of rotatable bonds is 2. The van der Waals surface area contributed by atoms with Crippen molar-refractivity contribution in [2.45, 2.75) is 31.5 Å². The molecule has 1 aliphatic heterocycles. The van der Waals surface area contributed by atoms with E-state index in [4.69, 9.17) is 4.74 Å². The second kappa shape index (κ2) is 4.63. The maximum atomic E-state index is 13.5. The average Bonchev–Trinajstić information content (AvgIpc) is 2.59. The van der Waals surface area contributed by atoms with Crippen molar-refractivity contribution in [2.75, 3.05) is 12.4 Å². The summed E-state index contributed by atoms with van der Waals surface area (Å²) < 4.78 is 19.6. The molecule has 0 aliphatic carbocycles. The third-order valence-electron chi connectivity index (χ3n) is 2.90. The second-order valence-electron chi connectivity index (χ2n) is 4.09. The van der Waals surface area contributed by atoms with Crippen LogP contribution in [0, 0.1) is 5.82 Å². The van der Waals surface area contributed by atoms with Crippen LogP contribution in [0.1, 0.15) is 13.2 Å². The third-order valence-corrected chi connectivity index (χ3v) is 2.90. The van der Waals surface area contributed by atoms with Gasteiger partial charge < -0.3 is 20.3 Å². The van der Waals surface area contributed by atoms with Gasteiger partial charge in [-0.2, -0.15) is 4.98 Å². The summed E-state index contributed by atoms with van der Waals surface area (Å²) in [5.74, 6) is -0.931. The van der Waals surface area contributed by atoms with E-state index in [1.54, 1.807) is 6.92 Å². The highest BCUT2D eigenvalue weighted by Gasteiger charge is 2.42. The number of hydrogen-bond acceptors (Lipinski definition) is 6. The Bertz CT molecular complexity index is 506. The van der Waals surface area contributed by atoms with Crippen molar-refractivity contribution in [3.05, 3.63) is 22.5 Å². The minimum atomic E-state index is -1.31. The second-order valence-corrected chi connectivity index (χ2v) is 4.09. The molecule has 100 valence electrons. The lowest BCUT2D eigenvalue weighted by Gasteiger charge is -2.17. The van der Waals surface area contributed by atoms with Gasteiger partial charge in [-0.3, -0.25) is 4.57 Å². The number of nitrogens with one attached hydrogen (secondary N) is 1. The van der Waals surface area contributed by atoms with Crippen LogP contribution in [0.25, 0.3) is 0 Å². The van der Waals surface area contributed by atoms with Crippen molar-refractivity contribution in [3.8, 4) is 0 Å². The van der Waals surface area contributed by atoms with Crippen LogP contribution in [0.2, 0.25) is 0 Å². The fraction of sp³-hybridized carbons (Fsp3) is 0.600. The molecule has 4 unspecified atom stereocenters. The van der Waals surface area contributed by atoms with Gasteiger partial charge in [0.05, 0.1) is 12.3 Å². The molecule has 0 amide bonds. The van der Waals surface area contributed by atoms with E-state index in [0.29, 0.717) is 0 Å². The summed E-state index contributed by atoms with van der Waals surface area (Å²) in [7, 11) is 1.43. The maximum Gasteiger partial charge on any atom is 0.351 e. The van der Waals surface area contributed by atoms with Crippen molar-refractivity contribution in [1.82, 2.24) is 9.55 Å². The molecular weight excluding hydrogens is 245 g/mol. The standard InChI is InChI=1S/C10H14FN3O4/c1-4-6(15)7(16)9(18-4)14-3-5(11)8(12-2)13-10(14)17/h3-4,6-7,9,15-16H,1-2H3,(H,12,13,17). The smallest absolute Gasteiger partial charge is 0.351 e. The molecule has 2 heterocycles. The first-order valence-corrected chi connectivity index (χ1v) is 5.43. The highest BCUT2D eigenvalue weighted by molar-refractivity contribution is 5.32. The lowest BCUT2D eigenvalue weighted by molar-refractivity contribution is -0.0355. The molecule has 0 bridgehead atoms. The van der Waals surface area contributed by atoms with Gasteiger partial charge in [0, 0.05) is 7.05 Å². The van der Waals surface area contributed by atoms with Crippen molar-refractivity contribution in [2.24, 2.45) is 0 Å². The van der Waals surface area contributed by atoms with Crippen molar-refractivity contribution < 1.29 is 19.3 Å². The van der Waals surface area contributed by atoms with Crippen LogP contribution in [0.5, 0.6) is 0 Å². The fourth-order valence-corrected chi connectivity index (χ4v) is 1.86. The highest BCUT2D eigenvalue weighted by Crippen LogP contribution is 2.28. The highest BCUT2D eigenvalue weighted by atomic mass is 19.1. The molecule has 3 N–H and O–H groups in total. The van der Waals surface area contributed by atoms with Gasteiger partial charge in [-0.25, -0.2) is 9.18 Å². The van der Waals surface area contributed by atoms with E-state index in [2.05, 4.69) is 10.3 Å². The largest absolute Gasteiger partial charge is 0.388 e. The van der Waals surface area contributed by atoms with Gasteiger partial charge in [0.25, 0.3) is 0 Å². The lowest BCUT2D eigenvalue weighted by Crippen LogP contribution is -2.35. The van der Waals surface area contributed by atoms with Crippen LogP contribution in [-0.4, -0.2) is 45.1 Å². The van der Waals surface area contributed by atoms with Crippen LogP contribution in [-0.2, 0) is 4.74 Å². The van der Waals surface area contributed by atoms with E-state index in [1.807, 2.05) is 0 Å². The van der Waals surface area contributed by atoms with E-state index < -0.39 is 36.0 Å². The molecule has 0 aromatic carbocycles. The minimum Gasteiger partial charge on any atom is -0.388 e. The molecule has 0 spiro atoms. The number of aliphatic hydroxyl groups excluding tert-OH is 2. The summed E-state index contributed by atoms with van der Waals surface area (Å²) in [5, 5.41) is 21.7. The van der Waals surface area contributed by atoms with Crippen LogP contribution >= 0.6 is 0 Å². The number of aliphatic hydroxyl groups is 2. The molecule has 1 aromatic heterocycles. The molecule has 8 heteroatoms. The van der Waals surface area contributed by atoms with E-state index in [-0.39, 0.29) is 5.82 Å². The van der Waals surface area contributed by atoms with Gasteiger partial charge >= 0.3 is 5.69 Å². The number of hydrogen-bond donors (Lipinski definition) is 3. The molecule has 18 heavy (non-hydrogen) atoms. The normalized spacial score (nSPS) is 31.6. The van der Waals surface area contributed by atoms with Crippen LogP contribution in [0.4, 0.5) is 10.2 Å². The van der Waals surface area contributed by atoms with Gasteiger partial charge in [-0.1, -0.05) is 0 Å². The Labute approximate surface area is 102 Å². The summed E-state index contributed by atoms with van der Waals surface area (Å²) in [4.78, 5) is 15.1. The Morgan fingerprint density at radius 1 is 1.50 bits per heavy atom. The molecule has 0 radical (unpaired) electrons. The van der Waals surface area contributed by atoms with Crippen LogP contribution in [0.3, 0.4) is 0 Å². The Hall–Kier alpha value is -1.51. The molecule has 0 saturated carbocycles. The fourth-order valence-electron chi connectivity index (χ4n) is 1.86. The first-order valence-electron chi connectivity index (χ1n) is 5.43. The van der Waals surface area contributed by atoms with Crippen LogP contribution < -0.4 is 11.0 Å². The molecule has 1 aliphatic rings. The summed E-state index contributed by atoms with van der Waals surface area (Å²) in [6, 6.07) is 0. The summed E-state index contributed by atoms with van der Waals surface area (Å²) >= 11 is 0. The first-order chi connectivity index (χ1) is 8.45. The molecule has 4 atom stereocenters. The number of aromatic nitrogens is 2. The zero-order valence-corrected chi connectivity index (χ0v) is 9.87. The SMILES string of the molecule is CNc1nc(=O)n(C2OC(C)C(O)C2O)cc1F. The van der Waals surface area contributed by atoms with E-state index in [9.17, 15) is 19.4 Å². The van der Waals surface area contributed by atoms with Crippen molar-refractivity contribution in [1.29, 1.82) is 0 Å². The number of nitrogens with zero attached hydrogens (tertiary/aromatic N) is 2. The maximum absolute atomic E-state index is 13.5. The van der Waals surface area contributed by atoms with E-state index >= 15 is 0 Å². The van der Waals surface area contributed by atoms with Gasteiger partial charge in [0.2, 0.25) is 0 Å². The molecule has 1 aromatic rings. The van der Waals surface area contributed by atoms with E-state index in [1.165, 1.54) is 7.05 Å². The lowest BCUT2D eigenvalue weighted by atomic mass is 10.1. The third kappa shape index (κ3) is 1.98. The Morgan fingerprint density at radius 3 is 2.67 bits per heavy atom. The molecule has 2 rings (SSSR count). The predicted molar refractivity (Wildman–Crippen MR) is 59.6 cm³/mol. The van der Waals surface area contributed by atoms with Gasteiger partial charge in [-0.05, 0) is 6.92 Å². The first kappa shape index (κ1) is 12.9. The minimum absolute atomic E-state index is 0.183. The molecule has 1 saturated heterocycles. The summed E-state index contributed by atoms with van der Waals surface area (Å²) in [6.07, 6.45) is -3.34. The zero-order chi connectivity index (χ0) is 13.4. The van der Waals surface area contributed by atoms with E-state index in [0.717, 1.165) is 10.8 Å². The monoisotopic (exact) mass is 259 g/mol. The molecule has 1 fully saturated rings. The van der Waals surface area contributed by atoms with Gasteiger partial charge in [-0.15, -0.1) is 0 Å². The Kier molecular flexibility index (Phi) is 3.33. The van der Waals surface area contributed by atoms with Crippen molar-refractivity contribution in [3.63, 3.8) is 0 Å². The Morgan fingerprint density at radius 2 is 2.17 bits per heavy atom. The van der Waals surface area contributed by atoms with Gasteiger partial charge in [0.1, 0.15) is 12.2 Å². The number of halogens is 1. The number of anilines is 1. The average molecular weight is 259 g/mol. The summed E-state index contributed by atoms with van der Waals surface area (Å²) in [6.45, 7) is 1.55. The summed E-state index contributed by atoms with van der Waals surface area (Å²) in [5.41, 5.74) is -0.772. The molecular formula is C10H14FN3O4.